The zero-order valence-electron chi connectivity index (χ0n) is 15.7. The Morgan fingerprint density at radius 2 is 1.93 bits per heavy atom. The quantitative estimate of drug-likeness (QED) is 0.322. The molecular weight excluding hydrogens is 352 g/mol. The molecule has 0 saturated carbocycles. The van der Waals surface area contributed by atoms with Crippen LogP contribution < -0.4 is 4.73 Å². The minimum atomic E-state index is -0.950. The number of aldehydes is 1. The van der Waals surface area contributed by atoms with Crippen LogP contribution in [0.15, 0.2) is 34.6 Å². The lowest BCUT2D eigenvalue weighted by atomic mass is 9.75. The summed E-state index contributed by atoms with van der Waals surface area (Å²) in [6.45, 7) is 6.69. The molecule has 0 radical (unpaired) electrons. The van der Waals surface area contributed by atoms with Crippen molar-refractivity contribution in [3.05, 3.63) is 46.1 Å². The third kappa shape index (κ3) is 3.89. The van der Waals surface area contributed by atoms with Crippen LogP contribution in [0.1, 0.15) is 37.9 Å². The third-order valence-electron chi connectivity index (χ3n) is 4.40. The summed E-state index contributed by atoms with van der Waals surface area (Å²) in [5, 5.41) is 12.1. The Morgan fingerprint density at radius 3 is 2.52 bits per heavy atom. The monoisotopic (exact) mass is 374 g/mol. The zero-order chi connectivity index (χ0) is 20.1. The minimum Gasteiger partial charge on any atom is -0.619 e. The molecule has 2 rings (SSSR count). The molecule has 27 heavy (non-hydrogen) atoms. The van der Waals surface area contributed by atoms with Crippen molar-refractivity contribution in [3.63, 3.8) is 0 Å². The number of hydrogen-bond acceptors (Lipinski definition) is 7. The van der Waals surface area contributed by atoms with E-state index in [0.29, 0.717) is 28.0 Å². The van der Waals surface area contributed by atoms with Gasteiger partial charge < -0.3 is 14.7 Å². The molecular formula is C19H22N2O6. The fourth-order valence-corrected chi connectivity index (χ4v) is 3.20. The van der Waals surface area contributed by atoms with Gasteiger partial charge in [0.15, 0.2) is 18.2 Å². The number of hydrogen-bond donors (Lipinski definition) is 0. The summed E-state index contributed by atoms with van der Waals surface area (Å²) < 4.78 is 10.9. The van der Waals surface area contributed by atoms with Crippen molar-refractivity contribution in [2.45, 2.75) is 33.6 Å². The van der Waals surface area contributed by atoms with Crippen molar-refractivity contribution in [3.8, 4) is 0 Å². The summed E-state index contributed by atoms with van der Waals surface area (Å²) in [7, 11) is 0. The van der Waals surface area contributed by atoms with E-state index < -0.39 is 23.8 Å². The zero-order valence-corrected chi connectivity index (χ0v) is 15.7. The van der Waals surface area contributed by atoms with Gasteiger partial charge in [0.2, 0.25) is 0 Å². The second-order valence-electron chi connectivity index (χ2n) is 5.97. The van der Waals surface area contributed by atoms with E-state index >= 15 is 0 Å². The molecule has 0 fully saturated rings. The van der Waals surface area contributed by atoms with E-state index in [9.17, 15) is 19.6 Å². The molecule has 1 aromatic rings. The maximum Gasteiger partial charge on any atom is 0.336 e. The molecule has 144 valence electrons. The number of aliphatic imine (C=N–C) groups is 1. The van der Waals surface area contributed by atoms with Gasteiger partial charge in [-0.2, -0.15) is 4.73 Å². The topological polar surface area (TPSA) is 109 Å². The molecule has 2 atom stereocenters. The number of aromatic nitrogens is 1. The van der Waals surface area contributed by atoms with Crippen molar-refractivity contribution >= 4 is 23.9 Å². The van der Waals surface area contributed by atoms with Crippen LogP contribution in [0.3, 0.4) is 0 Å². The first-order valence-electron chi connectivity index (χ1n) is 8.64. The van der Waals surface area contributed by atoms with Crippen LogP contribution in [-0.4, -0.2) is 37.2 Å². The van der Waals surface area contributed by atoms with Gasteiger partial charge in [-0.1, -0.05) is 0 Å². The van der Waals surface area contributed by atoms with E-state index in [4.69, 9.17) is 9.47 Å². The first-order valence-corrected chi connectivity index (χ1v) is 8.64. The van der Waals surface area contributed by atoms with Crippen molar-refractivity contribution in [2.75, 3.05) is 13.2 Å². The van der Waals surface area contributed by atoms with E-state index in [1.54, 1.807) is 33.8 Å². The van der Waals surface area contributed by atoms with Crippen LogP contribution in [-0.2, 0) is 23.9 Å². The predicted octanol–water partition coefficient (Wildman–Crippen LogP) is 1.38. The van der Waals surface area contributed by atoms with Crippen molar-refractivity contribution in [2.24, 2.45) is 10.9 Å². The normalized spacial score (nSPS) is 19.3. The van der Waals surface area contributed by atoms with Gasteiger partial charge in [0, 0.05) is 30.2 Å². The molecule has 8 heteroatoms. The molecule has 0 aromatic carbocycles. The van der Waals surface area contributed by atoms with Gasteiger partial charge >= 0.3 is 11.9 Å². The summed E-state index contributed by atoms with van der Waals surface area (Å²) in [5.74, 6) is -3.21. The average molecular weight is 374 g/mol. The number of nitrogens with zero attached hydrogens (tertiary/aromatic N) is 2. The molecule has 8 nitrogen and oxygen atoms in total. The van der Waals surface area contributed by atoms with Crippen LogP contribution in [0.2, 0.25) is 0 Å². The van der Waals surface area contributed by atoms with Gasteiger partial charge in [-0.3, -0.25) is 14.6 Å². The third-order valence-corrected chi connectivity index (χ3v) is 4.40. The van der Waals surface area contributed by atoms with Gasteiger partial charge in [-0.05, 0) is 26.8 Å². The first kappa shape index (κ1) is 20.3. The summed E-state index contributed by atoms with van der Waals surface area (Å²) in [6.07, 6.45) is 1.77. The highest BCUT2D eigenvalue weighted by Crippen LogP contribution is 2.40. The van der Waals surface area contributed by atoms with Crippen molar-refractivity contribution in [1.82, 2.24) is 0 Å². The Morgan fingerprint density at radius 1 is 1.26 bits per heavy atom. The molecule has 0 aliphatic carbocycles. The highest BCUT2D eigenvalue weighted by Gasteiger charge is 2.44. The number of rotatable bonds is 6. The Labute approximate surface area is 157 Å². The Hall–Kier alpha value is -3.03. The molecule has 0 amide bonds. The van der Waals surface area contributed by atoms with Gasteiger partial charge in [-0.25, -0.2) is 4.79 Å². The van der Waals surface area contributed by atoms with Crippen LogP contribution in [0, 0.1) is 18.0 Å². The molecule has 0 bridgehead atoms. The molecule has 1 aliphatic heterocycles. The second kappa shape index (κ2) is 8.57. The number of esters is 2. The van der Waals surface area contributed by atoms with E-state index in [2.05, 4.69) is 4.99 Å². The number of carbonyl (C=O) groups excluding carboxylic acids is 3. The van der Waals surface area contributed by atoms with E-state index in [-0.39, 0.29) is 24.5 Å². The Kier molecular flexibility index (Phi) is 6.44. The highest BCUT2D eigenvalue weighted by molar-refractivity contribution is 6.09. The Balaban J connectivity index is 2.77. The summed E-state index contributed by atoms with van der Waals surface area (Å²) in [4.78, 5) is 41.0. The highest BCUT2D eigenvalue weighted by atomic mass is 16.5. The van der Waals surface area contributed by atoms with Crippen LogP contribution in [0.25, 0.3) is 0 Å². The number of allylic oxidation sites excluding steroid dienone is 1. The SMILES string of the molecule is CCOC(=O)C1=C(C=O)N=C(C)C(C(=O)OCC)C1c1ccc[n+]([O-])c1C. The smallest absolute Gasteiger partial charge is 0.336 e. The van der Waals surface area contributed by atoms with Gasteiger partial charge in [-0.15, -0.1) is 0 Å². The molecule has 2 unspecified atom stereocenters. The largest absolute Gasteiger partial charge is 0.619 e. The minimum absolute atomic E-state index is 0.0511. The number of ether oxygens (including phenoxy) is 2. The van der Waals surface area contributed by atoms with E-state index in [1.807, 2.05) is 0 Å². The van der Waals surface area contributed by atoms with Crippen LogP contribution in [0.5, 0.6) is 0 Å². The lowest BCUT2D eigenvalue weighted by Gasteiger charge is -2.31. The summed E-state index contributed by atoms with van der Waals surface area (Å²) in [5.41, 5.74) is 0.900. The van der Waals surface area contributed by atoms with Crippen LogP contribution >= 0.6 is 0 Å². The molecule has 1 aromatic heterocycles. The maximum absolute atomic E-state index is 12.7. The van der Waals surface area contributed by atoms with E-state index in [1.165, 1.54) is 12.3 Å². The average Bonchev–Trinajstić information content (AvgIpc) is 2.63. The maximum atomic E-state index is 12.7. The first-order chi connectivity index (χ1) is 12.9. The lowest BCUT2D eigenvalue weighted by molar-refractivity contribution is -0.612. The molecule has 2 heterocycles. The number of pyridine rings is 1. The predicted molar refractivity (Wildman–Crippen MR) is 95.8 cm³/mol. The second-order valence-corrected chi connectivity index (χ2v) is 5.97. The van der Waals surface area contributed by atoms with E-state index in [0.717, 1.165) is 0 Å². The number of carbonyl (C=O) groups is 3. The molecule has 0 saturated heterocycles. The lowest BCUT2D eigenvalue weighted by Crippen LogP contribution is -2.39. The standard InChI is InChI=1S/C19H22N2O6/c1-5-26-18(23)15-11(3)20-14(10-22)17(19(24)27-6-2)16(15)13-8-7-9-21(25)12(13)4/h7-10,15-16H,5-6H2,1-4H3. The van der Waals surface area contributed by atoms with Gasteiger partial charge in [0.25, 0.3) is 0 Å². The fourth-order valence-electron chi connectivity index (χ4n) is 3.20. The molecule has 0 N–H and O–H groups in total. The molecule has 1 aliphatic rings. The van der Waals surface area contributed by atoms with Gasteiger partial charge in [0.1, 0.15) is 11.6 Å². The van der Waals surface area contributed by atoms with Crippen molar-refractivity contribution in [1.29, 1.82) is 0 Å². The Bertz CT molecular complexity index is 827. The van der Waals surface area contributed by atoms with Crippen LogP contribution in [0.4, 0.5) is 0 Å². The summed E-state index contributed by atoms with van der Waals surface area (Å²) >= 11 is 0. The fraction of sp³-hybridized carbons (Fsp3) is 0.421. The summed E-state index contributed by atoms with van der Waals surface area (Å²) in [6, 6.07) is 3.16. The van der Waals surface area contributed by atoms with Crippen molar-refractivity contribution < 1.29 is 28.6 Å². The van der Waals surface area contributed by atoms with Gasteiger partial charge in [0.05, 0.1) is 18.8 Å². The molecule has 0 spiro atoms.